The number of nitrogens with zero attached hydrogens (tertiary/aromatic N) is 3. The van der Waals surface area contributed by atoms with Crippen LogP contribution in [-0.2, 0) is 0 Å². The molecule has 0 aliphatic rings. The zero-order chi connectivity index (χ0) is 17.9. The smallest absolute Gasteiger partial charge is 0.165 e. The molecule has 0 aliphatic carbocycles. The topological polar surface area (TPSA) is 59.1 Å². The molecule has 0 amide bonds. The van der Waals surface area contributed by atoms with Crippen LogP contribution in [0.4, 0.5) is 5.82 Å². The maximum Gasteiger partial charge on any atom is 0.165 e. The van der Waals surface area contributed by atoms with Crippen molar-refractivity contribution < 1.29 is 9.84 Å². The highest BCUT2D eigenvalue weighted by Gasteiger charge is 2.15. The standard InChI is InChI=1S/C21H17N3O2/c1-26-18-13-16(10-11-17(18)25)20-21(22-14-15-7-3-2-4-8-15)24-12-6-5-9-19(24)23-20/h2-14,25H,1H3. The highest BCUT2D eigenvalue weighted by atomic mass is 16.5. The minimum atomic E-state index is 0.0920. The van der Waals surface area contributed by atoms with E-state index in [-0.39, 0.29) is 5.75 Å². The third-order valence-corrected chi connectivity index (χ3v) is 4.09. The van der Waals surface area contributed by atoms with Crippen LogP contribution in [0.1, 0.15) is 5.56 Å². The van der Waals surface area contributed by atoms with E-state index in [0.29, 0.717) is 5.75 Å². The first-order valence-electron chi connectivity index (χ1n) is 8.20. The molecule has 0 radical (unpaired) electrons. The molecule has 0 saturated heterocycles. The number of ether oxygens (including phenoxy) is 1. The van der Waals surface area contributed by atoms with Crippen LogP contribution in [0, 0.1) is 0 Å². The van der Waals surface area contributed by atoms with E-state index in [9.17, 15) is 5.11 Å². The molecule has 128 valence electrons. The van der Waals surface area contributed by atoms with E-state index in [1.165, 1.54) is 7.11 Å². The van der Waals surface area contributed by atoms with Crippen molar-refractivity contribution >= 4 is 17.7 Å². The molecule has 0 fully saturated rings. The Hall–Kier alpha value is -3.60. The van der Waals surface area contributed by atoms with Gasteiger partial charge in [-0.1, -0.05) is 36.4 Å². The zero-order valence-corrected chi connectivity index (χ0v) is 14.2. The van der Waals surface area contributed by atoms with Crippen LogP contribution in [0.3, 0.4) is 0 Å². The normalized spacial score (nSPS) is 11.3. The molecule has 0 unspecified atom stereocenters. The van der Waals surface area contributed by atoms with Crippen molar-refractivity contribution in [3.05, 3.63) is 78.5 Å². The molecule has 0 atom stereocenters. The number of benzene rings is 2. The van der Waals surface area contributed by atoms with Crippen LogP contribution in [0.15, 0.2) is 77.9 Å². The number of methoxy groups -OCH3 is 1. The second kappa shape index (κ2) is 6.72. The summed E-state index contributed by atoms with van der Waals surface area (Å²) in [5, 5.41) is 9.86. The number of hydrogen-bond donors (Lipinski definition) is 1. The number of hydrogen-bond acceptors (Lipinski definition) is 4. The fourth-order valence-electron chi connectivity index (χ4n) is 2.80. The Kier molecular flexibility index (Phi) is 4.11. The maximum atomic E-state index is 9.86. The number of pyridine rings is 1. The first kappa shape index (κ1) is 15.9. The van der Waals surface area contributed by atoms with Crippen LogP contribution in [-0.4, -0.2) is 27.8 Å². The zero-order valence-electron chi connectivity index (χ0n) is 14.2. The molecule has 4 rings (SSSR count). The molecule has 4 aromatic rings. The van der Waals surface area contributed by atoms with Gasteiger partial charge in [-0.15, -0.1) is 0 Å². The SMILES string of the molecule is COc1cc(-c2nc3ccccn3c2N=Cc2ccccc2)ccc1O. The van der Waals surface area contributed by atoms with Gasteiger partial charge in [0.25, 0.3) is 0 Å². The predicted molar refractivity (Wildman–Crippen MR) is 103 cm³/mol. The predicted octanol–water partition coefficient (Wildman–Crippen LogP) is 4.47. The van der Waals surface area contributed by atoms with Crippen LogP contribution < -0.4 is 4.74 Å². The van der Waals surface area contributed by atoms with Gasteiger partial charge < -0.3 is 9.84 Å². The monoisotopic (exact) mass is 343 g/mol. The average molecular weight is 343 g/mol. The fourth-order valence-corrected chi connectivity index (χ4v) is 2.80. The van der Waals surface area contributed by atoms with Gasteiger partial charge in [0.2, 0.25) is 0 Å². The van der Waals surface area contributed by atoms with Gasteiger partial charge in [-0.25, -0.2) is 9.98 Å². The number of aliphatic imine (C=N–C) groups is 1. The number of phenols is 1. The molecule has 2 aromatic heterocycles. The van der Waals surface area contributed by atoms with Gasteiger partial charge >= 0.3 is 0 Å². The van der Waals surface area contributed by atoms with Crippen molar-refractivity contribution in [2.24, 2.45) is 4.99 Å². The summed E-state index contributed by atoms with van der Waals surface area (Å²) in [6, 6.07) is 20.9. The highest BCUT2D eigenvalue weighted by Crippen LogP contribution is 2.36. The first-order valence-corrected chi connectivity index (χ1v) is 8.20. The lowest BCUT2D eigenvalue weighted by atomic mass is 10.1. The number of aromatic hydroxyl groups is 1. The van der Waals surface area contributed by atoms with Crippen molar-refractivity contribution in [3.63, 3.8) is 0 Å². The van der Waals surface area contributed by atoms with Gasteiger partial charge in [-0.2, -0.15) is 0 Å². The molecule has 2 aromatic carbocycles. The van der Waals surface area contributed by atoms with Crippen molar-refractivity contribution in [3.8, 4) is 22.8 Å². The van der Waals surface area contributed by atoms with E-state index in [1.54, 1.807) is 18.2 Å². The Morgan fingerprint density at radius 1 is 1.04 bits per heavy atom. The van der Waals surface area contributed by atoms with Crippen LogP contribution in [0.5, 0.6) is 11.5 Å². The molecular formula is C21H17N3O2. The van der Waals surface area contributed by atoms with E-state index >= 15 is 0 Å². The summed E-state index contributed by atoms with van der Waals surface area (Å²) >= 11 is 0. The fraction of sp³-hybridized carbons (Fsp3) is 0.0476. The molecule has 0 saturated carbocycles. The van der Waals surface area contributed by atoms with E-state index in [0.717, 1.165) is 28.3 Å². The Morgan fingerprint density at radius 3 is 2.65 bits per heavy atom. The molecule has 0 bridgehead atoms. The minimum absolute atomic E-state index is 0.0920. The quantitative estimate of drug-likeness (QED) is 0.556. The largest absolute Gasteiger partial charge is 0.504 e. The Morgan fingerprint density at radius 2 is 1.85 bits per heavy atom. The summed E-state index contributed by atoms with van der Waals surface area (Å²) in [6.45, 7) is 0. The average Bonchev–Trinajstić information content (AvgIpc) is 3.06. The molecular weight excluding hydrogens is 326 g/mol. The second-order valence-corrected chi connectivity index (χ2v) is 5.77. The molecule has 26 heavy (non-hydrogen) atoms. The van der Waals surface area contributed by atoms with Gasteiger partial charge in [0, 0.05) is 18.0 Å². The van der Waals surface area contributed by atoms with Crippen LogP contribution >= 0.6 is 0 Å². The maximum absolute atomic E-state index is 9.86. The lowest BCUT2D eigenvalue weighted by Crippen LogP contribution is -1.87. The van der Waals surface area contributed by atoms with E-state index in [1.807, 2.05) is 65.3 Å². The Bertz CT molecular complexity index is 1090. The Balaban J connectivity index is 1.88. The summed E-state index contributed by atoms with van der Waals surface area (Å²) in [6.07, 6.45) is 3.75. The molecule has 2 heterocycles. The first-order chi connectivity index (χ1) is 12.8. The van der Waals surface area contributed by atoms with Gasteiger partial charge in [0.1, 0.15) is 11.3 Å². The van der Waals surface area contributed by atoms with Gasteiger partial charge in [-0.3, -0.25) is 4.40 Å². The van der Waals surface area contributed by atoms with E-state index in [2.05, 4.69) is 0 Å². The van der Waals surface area contributed by atoms with E-state index < -0.39 is 0 Å². The summed E-state index contributed by atoms with van der Waals surface area (Å²) in [5.41, 5.74) is 3.35. The number of imidazole rings is 1. The third-order valence-electron chi connectivity index (χ3n) is 4.09. The van der Waals surface area contributed by atoms with E-state index in [4.69, 9.17) is 14.7 Å². The summed E-state index contributed by atoms with van der Waals surface area (Å²) in [5.74, 6) is 1.21. The van der Waals surface area contributed by atoms with Crippen LogP contribution in [0.25, 0.3) is 16.9 Å². The summed E-state index contributed by atoms with van der Waals surface area (Å²) < 4.78 is 7.17. The molecule has 1 N–H and O–H groups in total. The molecule has 0 spiro atoms. The number of fused-ring (bicyclic) bond motifs is 1. The lowest BCUT2D eigenvalue weighted by molar-refractivity contribution is 0.373. The Labute approximate surface area is 150 Å². The number of aromatic nitrogens is 2. The van der Waals surface area contributed by atoms with Crippen molar-refractivity contribution in [2.45, 2.75) is 0 Å². The van der Waals surface area contributed by atoms with Crippen molar-refractivity contribution in [1.29, 1.82) is 0 Å². The molecule has 5 nitrogen and oxygen atoms in total. The van der Waals surface area contributed by atoms with Crippen LogP contribution in [0.2, 0.25) is 0 Å². The minimum Gasteiger partial charge on any atom is -0.504 e. The summed E-state index contributed by atoms with van der Waals surface area (Å²) in [7, 11) is 1.52. The molecule has 5 heteroatoms. The lowest BCUT2D eigenvalue weighted by Gasteiger charge is -2.06. The summed E-state index contributed by atoms with van der Waals surface area (Å²) in [4.78, 5) is 9.40. The second-order valence-electron chi connectivity index (χ2n) is 5.77. The highest BCUT2D eigenvalue weighted by molar-refractivity contribution is 5.85. The van der Waals surface area contributed by atoms with Gasteiger partial charge in [0.05, 0.1) is 7.11 Å². The van der Waals surface area contributed by atoms with Gasteiger partial charge in [0.15, 0.2) is 17.3 Å². The third kappa shape index (κ3) is 2.91. The van der Waals surface area contributed by atoms with Crippen molar-refractivity contribution in [2.75, 3.05) is 7.11 Å². The van der Waals surface area contributed by atoms with Crippen molar-refractivity contribution in [1.82, 2.24) is 9.38 Å². The number of phenolic OH excluding ortho intramolecular Hbond substituents is 1. The number of rotatable bonds is 4. The van der Waals surface area contributed by atoms with Gasteiger partial charge in [-0.05, 0) is 35.9 Å². The molecule has 0 aliphatic heterocycles.